The number of hydrogen-bond acceptors (Lipinski definition) is 5. The van der Waals surface area contributed by atoms with Gasteiger partial charge in [0.1, 0.15) is 0 Å². The highest BCUT2D eigenvalue weighted by atomic mass is 19.4. The van der Waals surface area contributed by atoms with E-state index in [0.717, 1.165) is 5.69 Å². The molecule has 1 heterocycles. The number of aromatic nitrogens is 2. The van der Waals surface area contributed by atoms with Crippen LogP contribution in [0.4, 0.5) is 24.5 Å². The SMILES string of the molecule is CN(C)c1ccc(NC(=O)CCc2noc(C(F)(F)F)n2)cc1. The van der Waals surface area contributed by atoms with Gasteiger partial charge in [-0.25, -0.2) is 0 Å². The van der Waals surface area contributed by atoms with Crippen molar-refractivity contribution in [3.8, 4) is 0 Å². The third-order valence-corrected chi connectivity index (χ3v) is 2.95. The van der Waals surface area contributed by atoms with Crippen LogP contribution >= 0.6 is 0 Å². The van der Waals surface area contributed by atoms with Crippen molar-refractivity contribution in [1.82, 2.24) is 10.1 Å². The summed E-state index contributed by atoms with van der Waals surface area (Å²) in [5, 5.41) is 5.85. The smallest absolute Gasteiger partial charge is 0.378 e. The number of hydrogen-bond donors (Lipinski definition) is 1. The van der Waals surface area contributed by atoms with Crippen LogP contribution in [0.1, 0.15) is 18.1 Å². The van der Waals surface area contributed by atoms with Crippen molar-refractivity contribution < 1.29 is 22.5 Å². The number of carbonyl (C=O) groups is 1. The Labute approximate surface area is 130 Å². The summed E-state index contributed by atoms with van der Waals surface area (Å²) in [5.74, 6) is -1.91. The molecule has 1 amide bonds. The number of carbonyl (C=O) groups excluding carboxylic acids is 1. The second-order valence-electron chi connectivity index (χ2n) is 5.00. The second-order valence-corrected chi connectivity index (χ2v) is 5.00. The minimum atomic E-state index is -4.68. The molecule has 0 aliphatic rings. The topological polar surface area (TPSA) is 71.3 Å². The molecule has 0 aliphatic carbocycles. The van der Waals surface area contributed by atoms with Crippen molar-refractivity contribution >= 4 is 17.3 Å². The Hall–Kier alpha value is -2.58. The molecule has 9 heteroatoms. The van der Waals surface area contributed by atoms with Gasteiger partial charge in [0.15, 0.2) is 5.82 Å². The molecule has 0 fully saturated rings. The Morgan fingerprint density at radius 2 is 1.91 bits per heavy atom. The molecule has 124 valence electrons. The first-order valence-corrected chi connectivity index (χ1v) is 6.73. The molecule has 0 bridgehead atoms. The van der Waals surface area contributed by atoms with Crippen LogP contribution in [0, 0.1) is 0 Å². The average Bonchev–Trinajstić information content (AvgIpc) is 2.95. The molecule has 0 radical (unpaired) electrons. The first-order chi connectivity index (χ1) is 10.8. The largest absolute Gasteiger partial charge is 0.471 e. The van der Waals surface area contributed by atoms with E-state index >= 15 is 0 Å². The predicted molar refractivity (Wildman–Crippen MR) is 77.0 cm³/mol. The number of alkyl halides is 3. The maximum Gasteiger partial charge on any atom is 0.471 e. The van der Waals surface area contributed by atoms with Crippen molar-refractivity contribution in [3.05, 3.63) is 36.0 Å². The van der Waals surface area contributed by atoms with Crippen LogP contribution < -0.4 is 10.2 Å². The predicted octanol–water partition coefficient (Wildman–Crippen LogP) is 2.73. The second kappa shape index (κ2) is 6.67. The van der Waals surface area contributed by atoms with Gasteiger partial charge in [-0.2, -0.15) is 18.2 Å². The van der Waals surface area contributed by atoms with E-state index in [1.807, 2.05) is 31.1 Å². The van der Waals surface area contributed by atoms with Crippen molar-refractivity contribution in [2.24, 2.45) is 0 Å². The Bertz CT molecular complexity index is 665. The van der Waals surface area contributed by atoms with Crippen LogP contribution in [0.3, 0.4) is 0 Å². The van der Waals surface area contributed by atoms with E-state index in [9.17, 15) is 18.0 Å². The standard InChI is InChI=1S/C14H15F3N4O2/c1-21(2)10-5-3-9(4-6-10)18-12(22)8-7-11-19-13(23-20-11)14(15,16)17/h3-6H,7-8H2,1-2H3,(H,18,22). The Morgan fingerprint density at radius 3 is 2.43 bits per heavy atom. The van der Waals surface area contributed by atoms with E-state index in [2.05, 4.69) is 20.0 Å². The number of rotatable bonds is 5. The van der Waals surface area contributed by atoms with Crippen LogP contribution in [0.5, 0.6) is 0 Å². The Balaban J connectivity index is 1.86. The fourth-order valence-electron chi connectivity index (χ4n) is 1.76. The number of amides is 1. The van der Waals surface area contributed by atoms with Crippen molar-refractivity contribution in [2.45, 2.75) is 19.0 Å². The summed E-state index contributed by atoms with van der Waals surface area (Å²) in [6.07, 6.45) is -4.77. The van der Waals surface area contributed by atoms with Crippen LogP contribution in [-0.4, -0.2) is 30.1 Å². The molecule has 1 N–H and O–H groups in total. The summed E-state index contributed by atoms with van der Waals surface area (Å²) in [6, 6.07) is 7.15. The lowest BCUT2D eigenvalue weighted by atomic mass is 10.2. The zero-order valence-electron chi connectivity index (χ0n) is 12.5. The number of benzene rings is 1. The average molecular weight is 328 g/mol. The number of aryl methyl sites for hydroxylation is 1. The summed E-state index contributed by atoms with van der Waals surface area (Å²) in [4.78, 5) is 16.9. The number of nitrogens with one attached hydrogen (secondary N) is 1. The lowest BCUT2D eigenvalue weighted by Gasteiger charge is -2.12. The molecular weight excluding hydrogens is 313 g/mol. The molecule has 6 nitrogen and oxygen atoms in total. The van der Waals surface area contributed by atoms with E-state index in [1.165, 1.54) is 0 Å². The van der Waals surface area contributed by atoms with Gasteiger partial charge in [-0.3, -0.25) is 4.79 Å². The van der Waals surface area contributed by atoms with Crippen LogP contribution in [0.15, 0.2) is 28.8 Å². The molecule has 0 saturated carbocycles. The maximum absolute atomic E-state index is 12.3. The molecule has 0 spiro atoms. The fraction of sp³-hybridized carbons (Fsp3) is 0.357. The highest BCUT2D eigenvalue weighted by molar-refractivity contribution is 5.90. The third kappa shape index (κ3) is 4.70. The van der Waals surface area contributed by atoms with Crippen LogP contribution in [-0.2, 0) is 17.4 Å². The molecule has 1 aromatic carbocycles. The van der Waals surface area contributed by atoms with Gasteiger partial charge in [0.25, 0.3) is 0 Å². The molecule has 2 aromatic rings. The first kappa shape index (κ1) is 16.8. The molecule has 1 aromatic heterocycles. The van der Waals surface area contributed by atoms with Gasteiger partial charge in [0.05, 0.1) is 0 Å². The Morgan fingerprint density at radius 1 is 1.26 bits per heavy atom. The van der Waals surface area contributed by atoms with E-state index in [-0.39, 0.29) is 24.6 Å². The van der Waals surface area contributed by atoms with Gasteiger partial charge in [-0.15, -0.1) is 0 Å². The minimum absolute atomic E-state index is 0.0405. The van der Waals surface area contributed by atoms with Gasteiger partial charge in [-0.05, 0) is 24.3 Å². The number of halogens is 3. The summed E-state index contributed by atoms with van der Waals surface area (Å²) >= 11 is 0. The van der Waals surface area contributed by atoms with E-state index < -0.39 is 12.1 Å². The normalized spacial score (nSPS) is 11.3. The van der Waals surface area contributed by atoms with Crippen molar-refractivity contribution in [1.29, 1.82) is 0 Å². The molecule has 0 saturated heterocycles. The number of anilines is 2. The quantitative estimate of drug-likeness (QED) is 0.914. The maximum atomic E-state index is 12.3. The summed E-state index contributed by atoms with van der Waals surface area (Å²) in [5.41, 5.74) is 1.58. The van der Waals surface area contributed by atoms with E-state index in [0.29, 0.717) is 5.69 Å². The fourth-order valence-corrected chi connectivity index (χ4v) is 1.76. The summed E-state index contributed by atoms with van der Waals surface area (Å²) < 4.78 is 41.0. The first-order valence-electron chi connectivity index (χ1n) is 6.73. The van der Waals surface area contributed by atoms with E-state index in [4.69, 9.17) is 0 Å². The van der Waals surface area contributed by atoms with Crippen LogP contribution in [0.2, 0.25) is 0 Å². The van der Waals surface area contributed by atoms with Gasteiger partial charge in [0.2, 0.25) is 5.91 Å². The molecule has 2 rings (SSSR count). The lowest BCUT2D eigenvalue weighted by Crippen LogP contribution is -2.13. The van der Waals surface area contributed by atoms with Crippen LogP contribution in [0.25, 0.3) is 0 Å². The molecular formula is C14H15F3N4O2. The van der Waals surface area contributed by atoms with Gasteiger partial charge in [-0.1, -0.05) is 5.16 Å². The Kier molecular flexibility index (Phi) is 4.87. The van der Waals surface area contributed by atoms with E-state index in [1.54, 1.807) is 12.1 Å². The number of nitrogens with zero attached hydrogens (tertiary/aromatic N) is 3. The zero-order chi connectivity index (χ0) is 17.0. The summed E-state index contributed by atoms with van der Waals surface area (Å²) in [6.45, 7) is 0. The van der Waals surface area contributed by atoms with Crippen molar-refractivity contribution in [3.63, 3.8) is 0 Å². The molecule has 23 heavy (non-hydrogen) atoms. The zero-order valence-corrected chi connectivity index (χ0v) is 12.5. The molecule has 0 atom stereocenters. The van der Waals surface area contributed by atoms with Gasteiger partial charge >= 0.3 is 12.1 Å². The summed E-state index contributed by atoms with van der Waals surface area (Å²) in [7, 11) is 3.79. The highest BCUT2D eigenvalue weighted by Gasteiger charge is 2.38. The third-order valence-electron chi connectivity index (χ3n) is 2.95. The molecule has 0 aliphatic heterocycles. The minimum Gasteiger partial charge on any atom is -0.378 e. The van der Waals surface area contributed by atoms with Gasteiger partial charge in [0, 0.05) is 38.3 Å². The van der Waals surface area contributed by atoms with Gasteiger partial charge < -0.3 is 14.7 Å². The van der Waals surface area contributed by atoms with Crippen molar-refractivity contribution in [2.75, 3.05) is 24.3 Å². The molecule has 0 unspecified atom stereocenters. The highest BCUT2D eigenvalue weighted by Crippen LogP contribution is 2.27. The lowest BCUT2D eigenvalue weighted by molar-refractivity contribution is -0.159. The monoisotopic (exact) mass is 328 g/mol.